The van der Waals surface area contributed by atoms with Gasteiger partial charge < -0.3 is 9.84 Å². The number of thiophene rings is 1. The summed E-state index contributed by atoms with van der Waals surface area (Å²) >= 11 is 1.64. The molecule has 0 bridgehead atoms. The summed E-state index contributed by atoms with van der Waals surface area (Å²) in [6.07, 6.45) is 0.742. The monoisotopic (exact) mass is 403 g/mol. The molecule has 6 nitrogen and oxygen atoms in total. The number of nitrogens with zero attached hydrogens (tertiary/aromatic N) is 4. The molecule has 8 heteroatoms. The second-order valence-corrected chi connectivity index (χ2v) is 7.50. The maximum absolute atomic E-state index is 5.48. The number of fused-ring (bicyclic) bond motifs is 1. The predicted molar refractivity (Wildman–Crippen MR) is 111 cm³/mol. The maximum Gasteiger partial charge on any atom is 0.268 e. The zero-order chi connectivity index (χ0) is 18.1. The van der Waals surface area contributed by atoms with Crippen molar-refractivity contribution in [3.05, 3.63) is 53.5 Å². The van der Waals surface area contributed by atoms with Gasteiger partial charge in [0.25, 0.3) is 5.89 Å². The van der Waals surface area contributed by atoms with E-state index in [4.69, 9.17) is 4.52 Å². The van der Waals surface area contributed by atoms with Crippen molar-refractivity contribution < 1.29 is 4.52 Å². The molecule has 1 atom stereocenters. The SMILES string of the molecule is CNC(C)Cc1noc(-c2cc3c(C)nn(Cc4ccccc4)c3s2)n1.Cl. The Kier molecular flexibility index (Phi) is 5.94. The minimum absolute atomic E-state index is 0. The average molecular weight is 404 g/mol. The molecule has 142 valence electrons. The lowest BCUT2D eigenvalue weighted by atomic mass is 10.2. The summed E-state index contributed by atoms with van der Waals surface area (Å²) in [5, 5.41) is 13.1. The van der Waals surface area contributed by atoms with E-state index in [2.05, 4.69) is 62.5 Å². The Morgan fingerprint density at radius 1 is 1.26 bits per heavy atom. The van der Waals surface area contributed by atoms with E-state index in [0.717, 1.165) is 39.6 Å². The van der Waals surface area contributed by atoms with Crippen LogP contribution in [0.5, 0.6) is 0 Å². The molecule has 3 heterocycles. The molecule has 0 saturated heterocycles. The third-order valence-electron chi connectivity index (χ3n) is 4.44. The van der Waals surface area contributed by atoms with E-state index in [1.807, 2.05) is 20.0 Å². The molecule has 0 fully saturated rings. The minimum atomic E-state index is 0. The van der Waals surface area contributed by atoms with Crippen LogP contribution in [0.2, 0.25) is 0 Å². The Morgan fingerprint density at radius 2 is 2.04 bits per heavy atom. The molecule has 3 aromatic heterocycles. The van der Waals surface area contributed by atoms with Gasteiger partial charge in [0, 0.05) is 17.8 Å². The Balaban J connectivity index is 0.00000210. The number of aryl methyl sites for hydroxylation is 1. The van der Waals surface area contributed by atoms with Gasteiger partial charge in [-0.3, -0.25) is 4.68 Å². The molecule has 0 radical (unpaired) electrons. The quantitative estimate of drug-likeness (QED) is 0.525. The summed E-state index contributed by atoms with van der Waals surface area (Å²) in [6.45, 7) is 4.88. The highest BCUT2D eigenvalue weighted by molar-refractivity contribution is 7.21. The molecule has 0 saturated carbocycles. The first-order chi connectivity index (χ1) is 12.6. The van der Waals surface area contributed by atoms with Crippen molar-refractivity contribution in [3.63, 3.8) is 0 Å². The van der Waals surface area contributed by atoms with Crippen molar-refractivity contribution in [2.45, 2.75) is 32.9 Å². The van der Waals surface area contributed by atoms with Gasteiger partial charge in [-0.05, 0) is 32.5 Å². The fourth-order valence-corrected chi connectivity index (χ4v) is 3.98. The number of rotatable bonds is 6. The molecule has 4 aromatic rings. The molecular formula is C19H22ClN5OS. The lowest BCUT2D eigenvalue weighted by Gasteiger charge is -2.04. The molecule has 0 aliphatic rings. The van der Waals surface area contributed by atoms with E-state index in [-0.39, 0.29) is 12.4 Å². The van der Waals surface area contributed by atoms with Gasteiger partial charge in [-0.15, -0.1) is 23.7 Å². The summed E-state index contributed by atoms with van der Waals surface area (Å²) < 4.78 is 7.54. The molecular weight excluding hydrogens is 382 g/mol. The van der Waals surface area contributed by atoms with E-state index in [1.54, 1.807) is 11.3 Å². The van der Waals surface area contributed by atoms with Crippen LogP contribution in [0, 0.1) is 6.92 Å². The van der Waals surface area contributed by atoms with Crippen LogP contribution in [0.15, 0.2) is 40.9 Å². The highest BCUT2D eigenvalue weighted by Crippen LogP contribution is 2.34. The average Bonchev–Trinajstić information content (AvgIpc) is 3.34. The third-order valence-corrected chi connectivity index (χ3v) is 5.58. The highest BCUT2D eigenvalue weighted by Gasteiger charge is 2.18. The van der Waals surface area contributed by atoms with Gasteiger partial charge in [0.05, 0.1) is 17.1 Å². The highest BCUT2D eigenvalue weighted by atomic mass is 35.5. The Labute approximate surface area is 168 Å². The molecule has 1 unspecified atom stereocenters. The largest absolute Gasteiger partial charge is 0.333 e. The van der Waals surface area contributed by atoms with Gasteiger partial charge in [-0.1, -0.05) is 35.5 Å². The topological polar surface area (TPSA) is 68.8 Å². The van der Waals surface area contributed by atoms with Crippen LogP contribution in [0.3, 0.4) is 0 Å². The molecule has 0 amide bonds. The number of nitrogens with one attached hydrogen (secondary N) is 1. The first-order valence-corrected chi connectivity index (χ1v) is 9.47. The summed E-state index contributed by atoms with van der Waals surface area (Å²) in [4.78, 5) is 6.66. The Morgan fingerprint density at radius 3 is 2.78 bits per heavy atom. The van der Waals surface area contributed by atoms with E-state index >= 15 is 0 Å². The Hall–Kier alpha value is -2.22. The van der Waals surface area contributed by atoms with Gasteiger partial charge in [0.1, 0.15) is 4.83 Å². The van der Waals surface area contributed by atoms with Crippen LogP contribution in [-0.4, -0.2) is 33.0 Å². The molecule has 0 aliphatic carbocycles. The lowest BCUT2D eigenvalue weighted by Crippen LogP contribution is -2.24. The minimum Gasteiger partial charge on any atom is -0.333 e. The standard InChI is InChI=1S/C19H21N5OS.ClH/c1-12(20-3)9-17-21-18(25-23-17)16-10-15-13(2)22-24(19(15)26-16)11-14-7-5-4-6-8-14;/h4-8,10,12,20H,9,11H2,1-3H3;1H. The zero-order valence-corrected chi connectivity index (χ0v) is 17.1. The molecule has 1 aromatic carbocycles. The first kappa shape index (κ1) is 19.5. The first-order valence-electron chi connectivity index (χ1n) is 8.65. The van der Waals surface area contributed by atoms with Crippen LogP contribution in [0.1, 0.15) is 24.0 Å². The number of likely N-dealkylation sites (N-methyl/N-ethyl adjacent to an activating group) is 1. The zero-order valence-electron chi connectivity index (χ0n) is 15.5. The summed E-state index contributed by atoms with van der Waals surface area (Å²) in [7, 11) is 1.93. The normalized spacial score (nSPS) is 12.3. The second-order valence-electron chi connectivity index (χ2n) is 6.47. The summed E-state index contributed by atoms with van der Waals surface area (Å²) in [5.41, 5.74) is 2.25. The van der Waals surface area contributed by atoms with E-state index < -0.39 is 0 Å². The van der Waals surface area contributed by atoms with E-state index in [1.165, 1.54) is 5.56 Å². The molecule has 27 heavy (non-hydrogen) atoms. The number of benzene rings is 1. The maximum atomic E-state index is 5.48. The van der Waals surface area contributed by atoms with E-state index in [9.17, 15) is 0 Å². The van der Waals surface area contributed by atoms with Gasteiger partial charge in [0.15, 0.2) is 5.82 Å². The van der Waals surface area contributed by atoms with Gasteiger partial charge >= 0.3 is 0 Å². The van der Waals surface area contributed by atoms with Crippen molar-refractivity contribution in [1.82, 2.24) is 25.2 Å². The molecule has 0 spiro atoms. The third kappa shape index (κ3) is 4.05. The van der Waals surface area contributed by atoms with Crippen LogP contribution < -0.4 is 5.32 Å². The number of halogens is 1. The van der Waals surface area contributed by atoms with Crippen LogP contribution in [0.25, 0.3) is 21.0 Å². The lowest BCUT2D eigenvalue weighted by molar-refractivity contribution is 0.419. The number of hydrogen-bond acceptors (Lipinski definition) is 6. The summed E-state index contributed by atoms with van der Waals surface area (Å²) in [5.74, 6) is 1.30. The molecule has 0 aliphatic heterocycles. The van der Waals surface area contributed by atoms with Crippen LogP contribution >= 0.6 is 23.7 Å². The number of hydrogen-bond donors (Lipinski definition) is 1. The summed E-state index contributed by atoms with van der Waals surface area (Å²) in [6, 6.07) is 12.8. The number of aromatic nitrogens is 4. The van der Waals surface area contributed by atoms with Gasteiger partial charge in [0.2, 0.25) is 0 Å². The molecule has 1 N–H and O–H groups in total. The second kappa shape index (κ2) is 8.21. The van der Waals surface area contributed by atoms with Crippen LogP contribution in [0.4, 0.5) is 0 Å². The van der Waals surface area contributed by atoms with Crippen molar-refractivity contribution in [1.29, 1.82) is 0 Å². The fourth-order valence-electron chi connectivity index (χ4n) is 2.89. The van der Waals surface area contributed by atoms with Crippen molar-refractivity contribution >= 4 is 34.0 Å². The van der Waals surface area contributed by atoms with Crippen LogP contribution in [-0.2, 0) is 13.0 Å². The van der Waals surface area contributed by atoms with Gasteiger partial charge in [-0.2, -0.15) is 10.1 Å². The Bertz CT molecular complexity index is 1020. The van der Waals surface area contributed by atoms with Crippen molar-refractivity contribution in [2.75, 3.05) is 7.05 Å². The predicted octanol–water partition coefficient (Wildman–Crippen LogP) is 4.08. The van der Waals surface area contributed by atoms with Gasteiger partial charge in [-0.25, -0.2) is 0 Å². The van der Waals surface area contributed by atoms with E-state index in [0.29, 0.717) is 11.9 Å². The fraction of sp³-hybridized carbons (Fsp3) is 0.316. The van der Waals surface area contributed by atoms with Crippen molar-refractivity contribution in [2.24, 2.45) is 0 Å². The smallest absolute Gasteiger partial charge is 0.268 e. The van der Waals surface area contributed by atoms with Crippen molar-refractivity contribution in [3.8, 4) is 10.8 Å². The molecule has 4 rings (SSSR count).